The number of amides is 1. The minimum Gasteiger partial charge on any atom is -0.352 e. The zero-order valence-electron chi connectivity index (χ0n) is 17.2. The average Bonchev–Trinajstić information content (AvgIpc) is 2.69. The molecule has 0 radical (unpaired) electrons. The van der Waals surface area contributed by atoms with Gasteiger partial charge in [-0.25, -0.2) is 0 Å². The molecule has 2 aliphatic rings. The van der Waals surface area contributed by atoms with Crippen LogP contribution in [0.2, 0.25) is 0 Å². The van der Waals surface area contributed by atoms with Crippen LogP contribution in [0, 0.1) is 11.8 Å². The summed E-state index contributed by atoms with van der Waals surface area (Å²) in [6.07, 6.45) is 7.07. The maximum atomic E-state index is 12.5. The lowest BCUT2D eigenvalue weighted by Gasteiger charge is -2.33. The van der Waals surface area contributed by atoms with E-state index in [4.69, 9.17) is 0 Å². The van der Waals surface area contributed by atoms with Crippen LogP contribution in [0.5, 0.6) is 0 Å². The Morgan fingerprint density at radius 2 is 2.04 bits per heavy atom. The number of carbonyl (C=O) groups is 1. The van der Waals surface area contributed by atoms with Crippen LogP contribution in [0.15, 0.2) is 24.3 Å². The van der Waals surface area contributed by atoms with Gasteiger partial charge in [0.15, 0.2) is 0 Å². The largest absolute Gasteiger partial charge is 0.352 e. The molecule has 3 rings (SSSR count). The quantitative estimate of drug-likeness (QED) is 0.768. The van der Waals surface area contributed by atoms with Gasteiger partial charge < -0.3 is 10.6 Å². The van der Waals surface area contributed by atoms with E-state index in [0.29, 0.717) is 30.8 Å². The molecule has 2 fully saturated rings. The number of piperidine rings is 2. The highest BCUT2D eigenvalue weighted by Gasteiger charge is 2.22. The number of carbonyl (C=O) groups excluding carboxylic acids is 1. The van der Waals surface area contributed by atoms with Crippen molar-refractivity contribution in [1.29, 1.82) is 0 Å². The molecule has 0 bridgehead atoms. The van der Waals surface area contributed by atoms with Gasteiger partial charge >= 0.3 is 0 Å². The second-order valence-corrected chi connectivity index (χ2v) is 8.65. The van der Waals surface area contributed by atoms with Gasteiger partial charge in [-0.3, -0.25) is 9.69 Å². The lowest BCUT2D eigenvalue weighted by atomic mass is 9.85. The molecule has 2 heterocycles. The number of benzene rings is 1. The van der Waals surface area contributed by atoms with Crippen molar-refractivity contribution in [3.05, 3.63) is 35.4 Å². The molecule has 0 aromatic heterocycles. The second-order valence-electron chi connectivity index (χ2n) is 8.65. The number of rotatable bonds is 7. The van der Waals surface area contributed by atoms with Crippen LogP contribution in [-0.4, -0.2) is 36.5 Å². The van der Waals surface area contributed by atoms with E-state index < -0.39 is 0 Å². The van der Waals surface area contributed by atoms with Gasteiger partial charge in [-0.15, -0.1) is 0 Å². The first-order valence-corrected chi connectivity index (χ1v) is 10.9. The summed E-state index contributed by atoms with van der Waals surface area (Å²) in [5.41, 5.74) is 2.62. The van der Waals surface area contributed by atoms with E-state index in [1.54, 1.807) is 0 Å². The molecule has 4 nitrogen and oxygen atoms in total. The molecule has 1 aromatic carbocycles. The highest BCUT2D eigenvalue weighted by atomic mass is 16.1. The third-order valence-corrected chi connectivity index (χ3v) is 6.56. The molecule has 0 saturated carbocycles. The Balaban J connectivity index is 1.50. The second kappa shape index (κ2) is 10.2. The van der Waals surface area contributed by atoms with Crippen LogP contribution >= 0.6 is 0 Å². The summed E-state index contributed by atoms with van der Waals surface area (Å²) in [7, 11) is 0. The summed E-state index contributed by atoms with van der Waals surface area (Å²) in [6.45, 7) is 9.58. The van der Waals surface area contributed by atoms with E-state index in [0.717, 1.165) is 19.6 Å². The van der Waals surface area contributed by atoms with Crippen molar-refractivity contribution in [2.75, 3.05) is 19.6 Å². The lowest BCUT2D eigenvalue weighted by Crippen LogP contribution is -2.37. The summed E-state index contributed by atoms with van der Waals surface area (Å²) in [4.78, 5) is 15.1. The van der Waals surface area contributed by atoms with E-state index in [-0.39, 0.29) is 5.91 Å². The van der Waals surface area contributed by atoms with Gasteiger partial charge in [0.1, 0.15) is 0 Å². The molecular weight excluding hydrogens is 334 g/mol. The topological polar surface area (TPSA) is 44.4 Å². The third-order valence-electron chi connectivity index (χ3n) is 6.56. The van der Waals surface area contributed by atoms with Crippen LogP contribution in [0.1, 0.15) is 63.5 Å². The van der Waals surface area contributed by atoms with Crippen molar-refractivity contribution < 1.29 is 4.79 Å². The summed E-state index contributed by atoms with van der Waals surface area (Å²) in [5.74, 6) is 1.27. The molecule has 27 heavy (non-hydrogen) atoms. The Morgan fingerprint density at radius 3 is 2.78 bits per heavy atom. The monoisotopic (exact) mass is 371 g/mol. The highest BCUT2D eigenvalue weighted by Crippen LogP contribution is 2.23. The Kier molecular flexibility index (Phi) is 7.71. The average molecular weight is 372 g/mol. The van der Waals surface area contributed by atoms with Crippen molar-refractivity contribution in [2.24, 2.45) is 11.8 Å². The molecule has 1 aromatic rings. The minimum atomic E-state index is 0.189. The number of nitrogens with one attached hydrogen (secondary N) is 2. The Bertz CT molecular complexity index is 597. The molecule has 2 saturated heterocycles. The van der Waals surface area contributed by atoms with Gasteiger partial charge in [-0.1, -0.05) is 37.6 Å². The molecule has 3 unspecified atom stereocenters. The summed E-state index contributed by atoms with van der Waals surface area (Å²) in [6, 6.07) is 9.25. The summed E-state index contributed by atoms with van der Waals surface area (Å²) < 4.78 is 0. The maximum Gasteiger partial charge on any atom is 0.220 e. The van der Waals surface area contributed by atoms with Gasteiger partial charge in [0.25, 0.3) is 0 Å². The minimum absolute atomic E-state index is 0.189. The zero-order chi connectivity index (χ0) is 19.1. The molecule has 150 valence electrons. The number of hydrogen-bond acceptors (Lipinski definition) is 3. The molecule has 0 spiro atoms. The SMILES string of the molecule is CC(CC(=O)NCc1ccccc1CN1CCCCC1C)C1CCCNC1. The summed E-state index contributed by atoms with van der Waals surface area (Å²) >= 11 is 0. The van der Waals surface area contributed by atoms with E-state index in [1.165, 1.54) is 49.8 Å². The van der Waals surface area contributed by atoms with Crippen molar-refractivity contribution in [3.8, 4) is 0 Å². The zero-order valence-corrected chi connectivity index (χ0v) is 17.2. The first kappa shape index (κ1) is 20.3. The van der Waals surface area contributed by atoms with Crippen LogP contribution in [0.3, 0.4) is 0 Å². The molecule has 4 heteroatoms. The summed E-state index contributed by atoms with van der Waals surface area (Å²) in [5, 5.41) is 6.64. The molecular formula is C23H37N3O. The molecule has 0 aliphatic carbocycles. The van der Waals surface area contributed by atoms with Crippen molar-refractivity contribution in [2.45, 2.75) is 71.5 Å². The Hall–Kier alpha value is -1.39. The van der Waals surface area contributed by atoms with Crippen LogP contribution < -0.4 is 10.6 Å². The fraction of sp³-hybridized carbons (Fsp3) is 0.696. The normalized spacial score (nSPS) is 25.1. The van der Waals surface area contributed by atoms with E-state index >= 15 is 0 Å². The Morgan fingerprint density at radius 1 is 1.22 bits per heavy atom. The Labute approximate surface area is 165 Å². The third kappa shape index (κ3) is 6.05. The standard InChI is InChI=1S/C23H37N3O/c1-18(20-11-7-12-24-15-20)14-23(27)25-16-21-9-3-4-10-22(21)17-26-13-6-5-8-19(26)2/h3-4,9-10,18-20,24H,5-8,11-17H2,1-2H3,(H,25,27). The van der Waals surface area contributed by atoms with Crippen molar-refractivity contribution in [3.63, 3.8) is 0 Å². The van der Waals surface area contributed by atoms with Crippen LogP contribution in [0.4, 0.5) is 0 Å². The molecule has 2 N–H and O–H groups in total. The van der Waals surface area contributed by atoms with Gasteiger partial charge in [0, 0.05) is 25.6 Å². The van der Waals surface area contributed by atoms with Gasteiger partial charge in [0.05, 0.1) is 0 Å². The van der Waals surface area contributed by atoms with Gasteiger partial charge in [-0.2, -0.15) is 0 Å². The fourth-order valence-electron chi connectivity index (χ4n) is 4.59. The molecule has 2 aliphatic heterocycles. The molecule has 3 atom stereocenters. The van der Waals surface area contributed by atoms with Gasteiger partial charge in [-0.05, 0) is 75.2 Å². The van der Waals surface area contributed by atoms with E-state index in [1.807, 2.05) is 0 Å². The number of nitrogens with zero attached hydrogens (tertiary/aromatic N) is 1. The molecule has 1 amide bonds. The van der Waals surface area contributed by atoms with E-state index in [2.05, 4.69) is 53.6 Å². The van der Waals surface area contributed by atoms with E-state index in [9.17, 15) is 4.79 Å². The first-order valence-electron chi connectivity index (χ1n) is 10.9. The van der Waals surface area contributed by atoms with Gasteiger partial charge in [0.2, 0.25) is 5.91 Å². The first-order chi connectivity index (χ1) is 13.1. The fourth-order valence-corrected chi connectivity index (χ4v) is 4.59. The predicted molar refractivity (Wildman–Crippen MR) is 111 cm³/mol. The van der Waals surface area contributed by atoms with Crippen molar-refractivity contribution >= 4 is 5.91 Å². The highest BCUT2D eigenvalue weighted by molar-refractivity contribution is 5.76. The smallest absolute Gasteiger partial charge is 0.220 e. The predicted octanol–water partition coefficient (Wildman–Crippen LogP) is 3.70. The van der Waals surface area contributed by atoms with Crippen LogP contribution in [-0.2, 0) is 17.9 Å². The van der Waals surface area contributed by atoms with Crippen molar-refractivity contribution in [1.82, 2.24) is 15.5 Å². The van der Waals surface area contributed by atoms with Crippen LogP contribution in [0.25, 0.3) is 0 Å². The maximum absolute atomic E-state index is 12.5. The number of likely N-dealkylation sites (tertiary alicyclic amines) is 1. The number of hydrogen-bond donors (Lipinski definition) is 2. The lowest BCUT2D eigenvalue weighted by molar-refractivity contribution is -0.122.